The first-order chi connectivity index (χ1) is 20.9. The van der Waals surface area contributed by atoms with Crippen LogP contribution in [0.1, 0.15) is 69.2 Å². The molecule has 0 radical (unpaired) electrons. The molecule has 0 bridgehead atoms. The summed E-state index contributed by atoms with van der Waals surface area (Å²) >= 11 is 0. The Morgan fingerprint density at radius 3 is 2.55 bits per heavy atom. The highest BCUT2D eigenvalue weighted by molar-refractivity contribution is 5.85. The van der Waals surface area contributed by atoms with Gasteiger partial charge in [0.15, 0.2) is 5.82 Å². The number of rotatable bonds is 8. The first kappa shape index (κ1) is 30.6. The molecule has 6 rings (SSSR count). The maximum atomic E-state index is 15.1. The number of anilines is 2. The van der Waals surface area contributed by atoms with E-state index in [2.05, 4.69) is 49.6 Å². The first-order valence-corrected chi connectivity index (χ1v) is 15.9. The van der Waals surface area contributed by atoms with E-state index in [9.17, 15) is 5.11 Å². The number of aliphatic hydroxyl groups is 1. The molecule has 1 saturated heterocycles. The first-order valence-electron chi connectivity index (χ1n) is 15.9. The van der Waals surface area contributed by atoms with Crippen LogP contribution in [-0.4, -0.2) is 77.7 Å². The van der Waals surface area contributed by atoms with Crippen LogP contribution in [0.25, 0.3) is 22.3 Å². The Morgan fingerprint density at radius 1 is 1.05 bits per heavy atom. The lowest BCUT2D eigenvalue weighted by molar-refractivity contribution is 0.0214. The lowest BCUT2D eigenvalue weighted by Crippen LogP contribution is -2.45. The molecule has 2 N–H and O–H groups in total. The van der Waals surface area contributed by atoms with Gasteiger partial charge in [-0.15, -0.1) is 0 Å². The van der Waals surface area contributed by atoms with E-state index in [0.29, 0.717) is 23.2 Å². The van der Waals surface area contributed by atoms with Gasteiger partial charge in [0.25, 0.3) is 0 Å². The fourth-order valence-electron chi connectivity index (χ4n) is 6.95. The van der Waals surface area contributed by atoms with Crippen LogP contribution in [0, 0.1) is 25.6 Å². The summed E-state index contributed by atoms with van der Waals surface area (Å²) in [7, 11) is 0. The third-order valence-electron chi connectivity index (χ3n) is 8.90. The summed E-state index contributed by atoms with van der Waals surface area (Å²) in [4.78, 5) is 23.4. The third kappa shape index (κ3) is 6.62. The lowest BCUT2D eigenvalue weighted by atomic mass is 9.94. The second kappa shape index (κ2) is 12.1. The van der Waals surface area contributed by atoms with Gasteiger partial charge in [0, 0.05) is 49.9 Å². The molecule has 9 nitrogen and oxygen atoms in total. The summed E-state index contributed by atoms with van der Waals surface area (Å²) in [5, 5.41) is 13.4. The van der Waals surface area contributed by atoms with Crippen molar-refractivity contribution in [1.82, 2.24) is 34.3 Å². The number of pyridine rings is 1. The van der Waals surface area contributed by atoms with Gasteiger partial charge in [-0.1, -0.05) is 6.07 Å². The van der Waals surface area contributed by atoms with Crippen LogP contribution in [0.15, 0.2) is 30.5 Å². The average molecular weight is 601 g/mol. The van der Waals surface area contributed by atoms with Crippen molar-refractivity contribution in [1.29, 1.82) is 0 Å². The van der Waals surface area contributed by atoms with Crippen LogP contribution in [-0.2, 0) is 13.0 Å². The van der Waals surface area contributed by atoms with Crippen molar-refractivity contribution in [3.8, 4) is 11.3 Å². The molecule has 0 unspecified atom stereocenters. The van der Waals surface area contributed by atoms with E-state index in [1.54, 1.807) is 0 Å². The number of halogens is 1. The fraction of sp³-hybridized carbons (Fsp3) is 0.529. The molecule has 0 spiro atoms. The second-order valence-corrected chi connectivity index (χ2v) is 13.6. The minimum absolute atomic E-state index is 0.229. The molecule has 0 atom stereocenters. The Labute approximate surface area is 259 Å². The number of nitrogens with one attached hydrogen (secondary N) is 1. The van der Waals surface area contributed by atoms with Crippen molar-refractivity contribution < 1.29 is 9.50 Å². The van der Waals surface area contributed by atoms with Gasteiger partial charge in [-0.3, -0.25) is 4.90 Å². The molecule has 1 aromatic carbocycles. The van der Waals surface area contributed by atoms with E-state index in [-0.39, 0.29) is 11.7 Å². The summed E-state index contributed by atoms with van der Waals surface area (Å²) in [6.45, 7) is 17.9. The summed E-state index contributed by atoms with van der Waals surface area (Å²) in [6.07, 6.45) is 4.46. The number of imidazole rings is 1. The van der Waals surface area contributed by atoms with Crippen LogP contribution in [0.3, 0.4) is 0 Å². The Hall–Kier alpha value is -3.47. The summed E-state index contributed by atoms with van der Waals surface area (Å²) in [5.74, 6) is 2.13. The number of hydrogen-bond acceptors (Lipinski definition) is 8. The topological polar surface area (TPSA) is 95.2 Å². The molecule has 234 valence electrons. The Bertz CT molecular complexity index is 1650. The standard InChI is InChI=1S/C34H45FN8O/c1-21(2)43-23(4)37-31-22(3)15-26(16-29(31)43)32-27(35)17-36-33(40-32)39-30-8-7-25-19-42(14-11-28(25)38-30)18-24-9-12-41(13-10-24)20-34(5,6)44/h7-8,15-17,21,24,44H,9-14,18-20H2,1-6H3,(H,36,38,39,40). The fourth-order valence-corrected chi connectivity index (χ4v) is 6.95. The number of aromatic nitrogens is 5. The van der Waals surface area contributed by atoms with Gasteiger partial charge in [0.05, 0.1) is 22.8 Å². The number of fused-ring (bicyclic) bond motifs is 2. The zero-order valence-corrected chi connectivity index (χ0v) is 26.9. The lowest BCUT2D eigenvalue weighted by Gasteiger charge is -2.38. The molecular formula is C34H45FN8O. The predicted molar refractivity (Wildman–Crippen MR) is 173 cm³/mol. The van der Waals surface area contributed by atoms with Crippen LogP contribution in [0.2, 0.25) is 0 Å². The largest absolute Gasteiger partial charge is 0.389 e. The minimum Gasteiger partial charge on any atom is -0.389 e. The third-order valence-corrected chi connectivity index (χ3v) is 8.90. The van der Waals surface area contributed by atoms with Crippen molar-refractivity contribution in [3.63, 3.8) is 0 Å². The van der Waals surface area contributed by atoms with E-state index in [1.165, 1.54) is 24.6 Å². The predicted octanol–water partition coefficient (Wildman–Crippen LogP) is 5.81. The van der Waals surface area contributed by atoms with E-state index in [0.717, 1.165) is 73.8 Å². The highest BCUT2D eigenvalue weighted by Crippen LogP contribution is 2.31. The highest BCUT2D eigenvalue weighted by Gasteiger charge is 2.27. The second-order valence-electron chi connectivity index (χ2n) is 13.6. The molecule has 44 heavy (non-hydrogen) atoms. The molecular weight excluding hydrogens is 555 g/mol. The molecule has 10 heteroatoms. The van der Waals surface area contributed by atoms with E-state index < -0.39 is 11.4 Å². The van der Waals surface area contributed by atoms with Crippen LogP contribution >= 0.6 is 0 Å². The smallest absolute Gasteiger partial charge is 0.229 e. The minimum atomic E-state index is -0.638. The molecule has 0 amide bonds. The van der Waals surface area contributed by atoms with E-state index in [1.807, 2.05) is 45.9 Å². The van der Waals surface area contributed by atoms with Crippen molar-refractivity contribution in [2.24, 2.45) is 5.92 Å². The van der Waals surface area contributed by atoms with Gasteiger partial charge in [0.1, 0.15) is 17.3 Å². The van der Waals surface area contributed by atoms with Crippen molar-refractivity contribution >= 4 is 22.8 Å². The number of nitrogens with zero attached hydrogens (tertiary/aromatic N) is 7. The number of β-amino-alcohol motifs (C(OH)–C–C–N with tert-alkyl or cyclic N) is 1. The SMILES string of the molecule is Cc1cc(-c2nc(Nc3ccc4c(n3)CCN(CC3CCN(CC(C)(C)O)CC3)C4)ncc2F)cc2c1nc(C)n2C(C)C. The van der Waals surface area contributed by atoms with E-state index in [4.69, 9.17) is 9.97 Å². The zero-order chi connectivity index (χ0) is 31.2. The van der Waals surface area contributed by atoms with Crippen LogP contribution < -0.4 is 5.32 Å². The number of benzene rings is 1. The molecule has 4 aromatic rings. The number of piperidine rings is 1. The zero-order valence-electron chi connectivity index (χ0n) is 26.9. The van der Waals surface area contributed by atoms with Crippen molar-refractivity contribution in [3.05, 3.63) is 58.9 Å². The van der Waals surface area contributed by atoms with Gasteiger partial charge < -0.3 is 19.9 Å². The Balaban J connectivity index is 1.13. The maximum absolute atomic E-state index is 15.1. The normalized spacial score (nSPS) is 17.0. The molecule has 1 fully saturated rings. The summed E-state index contributed by atoms with van der Waals surface area (Å²) < 4.78 is 17.3. The Kier molecular flexibility index (Phi) is 8.43. The van der Waals surface area contributed by atoms with Gasteiger partial charge in [-0.05, 0) is 103 Å². The molecule has 5 heterocycles. The molecule has 2 aliphatic rings. The van der Waals surface area contributed by atoms with Crippen molar-refractivity contribution in [2.75, 3.05) is 38.0 Å². The van der Waals surface area contributed by atoms with Gasteiger partial charge in [-0.2, -0.15) is 0 Å². The average Bonchev–Trinajstić information content (AvgIpc) is 3.31. The summed E-state index contributed by atoms with van der Waals surface area (Å²) in [5.41, 5.74) is 5.53. The number of hydrogen-bond donors (Lipinski definition) is 2. The molecule has 3 aromatic heterocycles. The van der Waals surface area contributed by atoms with E-state index >= 15 is 4.39 Å². The monoisotopic (exact) mass is 600 g/mol. The van der Waals surface area contributed by atoms with Gasteiger partial charge >= 0.3 is 0 Å². The quantitative estimate of drug-likeness (QED) is 0.262. The molecule has 2 aliphatic heterocycles. The molecule has 0 saturated carbocycles. The van der Waals surface area contributed by atoms with Crippen LogP contribution in [0.4, 0.5) is 16.2 Å². The Morgan fingerprint density at radius 2 is 1.82 bits per heavy atom. The maximum Gasteiger partial charge on any atom is 0.229 e. The van der Waals surface area contributed by atoms with Crippen molar-refractivity contribution in [2.45, 2.75) is 79.0 Å². The van der Waals surface area contributed by atoms with Crippen LogP contribution in [0.5, 0.6) is 0 Å². The highest BCUT2D eigenvalue weighted by atomic mass is 19.1. The molecule has 0 aliphatic carbocycles. The van der Waals surface area contributed by atoms with Gasteiger partial charge in [-0.25, -0.2) is 24.3 Å². The van der Waals surface area contributed by atoms with Gasteiger partial charge in [0.2, 0.25) is 5.95 Å². The summed E-state index contributed by atoms with van der Waals surface area (Å²) in [6, 6.07) is 8.24. The number of aryl methyl sites for hydroxylation is 2. The number of likely N-dealkylation sites (tertiary alicyclic amines) is 1.